The number of alkyl carbamates (subject to hydrolysis) is 1. The summed E-state index contributed by atoms with van der Waals surface area (Å²) < 4.78 is 4.78. The van der Waals surface area contributed by atoms with Crippen molar-refractivity contribution in [3.8, 4) is 0 Å². The normalized spacial score (nSPS) is 20.8. The van der Waals surface area contributed by atoms with Gasteiger partial charge in [-0.3, -0.25) is 4.90 Å². The third kappa shape index (κ3) is 4.08. The summed E-state index contributed by atoms with van der Waals surface area (Å²) in [5.41, 5.74) is 2.45. The fourth-order valence-electron chi connectivity index (χ4n) is 3.26. The van der Waals surface area contributed by atoms with Crippen LogP contribution in [0.5, 0.6) is 0 Å². The summed E-state index contributed by atoms with van der Waals surface area (Å²) in [6.07, 6.45) is -0.388. The molecule has 0 aromatic heterocycles. The zero-order valence-corrected chi connectivity index (χ0v) is 14.4. The quantitative estimate of drug-likeness (QED) is 0.920. The maximum absolute atomic E-state index is 11.7. The first kappa shape index (κ1) is 16.8. The lowest BCUT2D eigenvalue weighted by atomic mass is 9.94. The molecule has 4 nitrogen and oxygen atoms in total. The van der Waals surface area contributed by atoms with Crippen molar-refractivity contribution in [1.82, 2.24) is 10.2 Å². The van der Waals surface area contributed by atoms with Crippen molar-refractivity contribution in [3.05, 3.63) is 70.7 Å². The topological polar surface area (TPSA) is 41.6 Å². The Bertz CT molecular complexity index is 676. The molecule has 1 N–H and O–H groups in total. The van der Waals surface area contributed by atoms with Gasteiger partial charge in [-0.25, -0.2) is 4.79 Å². The number of hydrogen-bond donors (Lipinski definition) is 1. The van der Waals surface area contributed by atoms with Crippen LogP contribution >= 0.6 is 11.6 Å². The molecule has 0 unspecified atom stereocenters. The van der Waals surface area contributed by atoms with Gasteiger partial charge in [-0.05, 0) is 23.3 Å². The maximum Gasteiger partial charge on any atom is 0.407 e. The maximum atomic E-state index is 11.7. The Morgan fingerprint density at radius 1 is 1.17 bits per heavy atom. The van der Waals surface area contributed by atoms with E-state index in [-0.39, 0.29) is 18.1 Å². The molecule has 126 valence electrons. The average molecular weight is 345 g/mol. The Hall–Kier alpha value is -2.04. The van der Waals surface area contributed by atoms with Gasteiger partial charge in [0.25, 0.3) is 0 Å². The lowest BCUT2D eigenvalue weighted by molar-refractivity contribution is 0.165. The van der Waals surface area contributed by atoms with Gasteiger partial charge in [-0.2, -0.15) is 0 Å². The summed E-state index contributed by atoms with van der Waals surface area (Å²) in [6, 6.07) is 18.2. The molecule has 0 bridgehead atoms. The number of benzene rings is 2. The molecule has 2 aromatic rings. The van der Waals surface area contributed by atoms with E-state index in [9.17, 15) is 4.79 Å². The number of likely N-dealkylation sites (tertiary alicyclic amines) is 1. The number of carbonyl (C=O) groups is 1. The number of rotatable bonds is 4. The van der Waals surface area contributed by atoms with Crippen LogP contribution in [0.1, 0.15) is 17.0 Å². The largest absolute Gasteiger partial charge is 0.453 e. The second-order valence-electron chi connectivity index (χ2n) is 6.08. The smallest absolute Gasteiger partial charge is 0.407 e. The van der Waals surface area contributed by atoms with Crippen molar-refractivity contribution in [2.45, 2.75) is 18.5 Å². The lowest BCUT2D eigenvalue weighted by Crippen LogP contribution is -2.39. The van der Waals surface area contributed by atoms with E-state index in [1.807, 2.05) is 42.5 Å². The number of halogens is 1. The Balaban J connectivity index is 1.76. The molecule has 1 heterocycles. The molecule has 24 heavy (non-hydrogen) atoms. The second kappa shape index (κ2) is 7.69. The molecule has 5 heteroatoms. The molecule has 3 rings (SSSR count). The number of ether oxygens (including phenoxy) is 1. The molecular formula is C19H21ClN2O2. The highest BCUT2D eigenvalue weighted by Gasteiger charge is 2.35. The molecule has 0 radical (unpaired) electrons. The van der Waals surface area contributed by atoms with E-state index < -0.39 is 0 Å². The number of nitrogens with one attached hydrogen (secondary N) is 1. The third-order valence-corrected chi connectivity index (χ3v) is 4.68. The number of carbonyl (C=O) groups excluding carboxylic acids is 1. The van der Waals surface area contributed by atoms with Crippen LogP contribution < -0.4 is 5.32 Å². The second-order valence-corrected chi connectivity index (χ2v) is 6.52. The van der Waals surface area contributed by atoms with Crippen molar-refractivity contribution in [2.24, 2.45) is 0 Å². The van der Waals surface area contributed by atoms with Gasteiger partial charge in [0.15, 0.2) is 0 Å². The summed E-state index contributed by atoms with van der Waals surface area (Å²) in [6.45, 7) is 2.53. The molecule has 1 fully saturated rings. The molecule has 0 saturated carbocycles. The Morgan fingerprint density at radius 2 is 1.88 bits per heavy atom. The Morgan fingerprint density at radius 3 is 2.54 bits per heavy atom. The zero-order valence-electron chi connectivity index (χ0n) is 13.6. The standard InChI is InChI=1S/C19H21ClN2O2/c1-24-19(23)21-18-13-22(11-14-5-3-2-4-6-14)12-17(18)15-7-9-16(20)10-8-15/h2-10,17-18H,11-13H2,1H3,(H,21,23)/t17-,18+/m0/s1. The minimum Gasteiger partial charge on any atom is -0.453 e. The first-order valence-electron chi connectivity index (χ1n) is 8.02. The van der Waals surface area contributed by atoms with Crippen molar-refractivity contribution < 1.29 is 9.53 Å². The summed E-state index contributed by atoms with van der Waals surface area (Å²) in [7, 11) is 1.39. The molecule has 2 aromatic carbocycles. The highest BCUT2D eigenvalue weighted by Crippen LogP contribution is 2.29. The fourth-order valence-corrected chi connectivity index (χ4v) is 3.39. The van der Waals surface area contributed by atoms with Crippen molar-refractivity contribution in [3.63, 3.8) is 0 Å². The number of amides is 1. The monoisotopic (exact) mass is 344 g/mol. The van der Waals surface area contributed by atoms with Crippen LogP contribution in [-0.2, 0) is 11.3 Å². The van der Waals surface area contributed by atoms with E-state index >= 15 is 0 Å². The van der Waals surface area contributed by atoms with Crippen LogP contribution in [-0.4, -0.2) is 37.2 Å². The molecular weight excluding hydrogens is 324 g/mol. The van der Waals surface area contributed by atoms with Crippen LogP contribution in [0.15, 0.2) is 54.6 Å². The molecule has 1 saturated heterocycles. The highest BCUT2D eigenvalue weighted by atomic mass is 35.5. The van der Waals surface area contributed by atoms with Crippen LogP contribution in [0.3, 0.4) is 0 Å². The Kier molecular flexibility index (Phi) is 5.38. The molecule has 0 aliphatic carbocycles. The fraction of sp³-hybridized carbons (Fsp3) is 0.316. The van der Waals surface area contributed by atoms with Gasteiger partial charge >= 0.3 is 6.09 Å². The van der Waals surface area contributed by atoms with Crippen LogP contribution in [0.25, 0.3) is 0 Å². The SMILES string of the molecule is COC(=O)N[C@@H]1CN(Cc2ccccc2)C[C@H]1c1ccc(Cl)cc1. The van der Waals surface area contributed by atoms with Crippen molar-refractivity contribution in [2.75, 3.05) is 20.2 Å². The van der Waals surface area contributed by atoms with Crippen molar-refractivity contribution >= 4 is 17.7 Å². The predicted octanol–water partition coefficient (Wildman–Crippen LogP) is 3.66. The van der Waals surface area contributed by atoms with E-state index in [4.69, 9.17) is 16.3 Å². The van der Waals surface area contributed by atoms with E-state index in [1.54, 1.807) is 0 Å². The lowest BCUT2D eigenvalue weighted by Gasteiger charge is -2.19. The van der Waals surface area contributed by atoms with Crippen LogP contribution in [0.2, 0.25) is 5.02 Å². The van der Waals surface area contributed by atoms with Gasteiger partial charge in [-0.1, -0.05) is 54.1 Å². The van der Waals surface area contributed by atoms with Gasteiger partial charge in [0, 0.05) is 30.6 Å². The summed E-state index contributed by atoms with van der Waals surface area (Å²) in [4.78, 5) is 14.0. The number of hydrogen-bond acceptors (Lipinski definition) is 3. The van der Waals surface area contributed by atoms with Gasteiger partial charge < -0.3 is 10.1 Å². The van der Waals surface area contributed by atoms with Crippen molar-refractivity contribution in [1.29, 1.82) is 0 Å². The van der Waals surface area contributed by atoms with Crippen LogP contribution in [0, 0.1) is 0 Å². The first-order valence-corrected chi connectivity index (χ1v) is 8.39. The third-order valence-electron chi connectivity index (χ3n) is 4.43. The minimum atomic E-state index is -0.388. The van der Waals surface area contributed by atoms with Gasteiger partial charge in [-0.15, -0.1) is 0 Å². The van der Waals surface area contributed by atoms with E-state index in [0.717, 1.165) is 24.7 Å². The molecule has 1 aliphatic heterocycles. The molecule has 1 amide bonds. The molecule has 0 spiro atoms. The van der Waals surface area contributed by atoms with Gasteiger partial charge in [0.2, 0.25) is 0 Å². The van der Waals surface area contributed by atoms with Gasteiger partial charge in [0.05, 0.1) is 13.2 Å². The first-order chi connectivity index (χ1) is 11.7. The summed E-state index contributed by atoms with van der Waals surface area (Å²) in [5, 5.41) is 3.69. The summed E-state index contributed by atoms with van der Waals surface area (Å²) in [5.74, 6) is 0.213. The van der Waals surface area contributed by atoms with E-state index in [0.29, 0.717) is 0 Å². The van der Waals surface area contributed by atoms with Crippen LogP contribution in [0.4, 0.5) is 4.79 Å². The average Bonchev–Trinajstić information content (AvgIpc) is 2.98. The minimum absolute atomic E-state index is 0.0161. The van der Waals surface area contributed by atoms with Gasteiger partial charge in [0.1, 0.15) is 0 Å². The predicted molar refractivity (Wildman–Crippen MR) is 95.2 cm³/mol. The van der Waals surface area contributed by atoms with E-state index in [1.165, 1.54) is 18.2 Å². The summed E-state index contributed by atoms with van der Waals surface area (Å²) >= 11 is 6.00. The number of nitrogens with zero attached hydrogens (tertiary/aromatic N) is 1. The highest BCUT2D eigenvalue weighted by molar-refractivity contribution is 6.30. The molecule has 2 atom stereocenters. The number of methoxy groups -OCH3 is 1. The Labute approximate surface area is 147 Å². The molecule has 1 aliphatic rings. The van der Waals surface area contributed by atoms with E-state index in [2.05, 4.69) is 22.3 Å². The zero-order chi connectivity index (χ0) is 16.9.